The van der Waals surface area contributed by atoms with Crippen molar-refractivity contribution in [2.45, 2.75) is 20.8 Å². The number of nitrogens with zero attached hydrogens (tertiary/aromatic N) is 1. The summed E-state index contributed by atoms with van der Waals surface area (Å²) in [7, 11) is 1.67. The molecule has 5 heteroatoms. The molecule has 4 nitrogen and oxygen atoms in total. The average Bonchev–Trinajstić information content (AvgIpc) is 2.75. The molecular formula is C13H15BrN2O2. The summed E-state index contributed by atoms with van der Waals surface area (Å²) in [6, 6.07) is 0. The molecule has 2 aromatic rings. The summed E-state index contributed by atoms with van der Waals surface area (Å²) in [6.07, 6.45) is 1.64. The Hall–Kier alpha value is -1.49. The van der Waals surface area contributed by atoms with Crippen molar-refractivity contribution in [1.29, 1.82) is 0 Å². The van der Waals surface area contributed by atoms with E-state index in [1.54, 1.807) is 13.3 Å². The van der Waals surface area contributed by atoms with E-state index < -0.39 is 0 Å². The van der Waals surface area contributed by atoms with Crippen LogP contribution in [0.4, 0.5) is 5.88 Å². The number of nitrogen functional groups attached to an aromatic ring is 1. The second kappa shape index (κ2) is 4.65. The van der Waals surface area contributed by atoms with Gasteiger partial charge in [-0.25, -0.2) is 0 Å². The minimum Gasteiger partial charge on any atom is -0.495 e. The Morgan fingerprint density at radius 3 is 2.39 bits per heavy atom. The first-order chi connectivity index (χ1) is 8.49. The maximum atomic E-state index is 5.81. The largest absolute Gasteiger partial charge is 0.495 e. The zero-order chi connectivity index (χ0) is 13.4. The first-order valence-corrected chi connectivity index (χ1v) is 6.32. The molecule has 0 aliphatic carbocycles. The predicted molar refractivity (Wildman–Crippen MR) is 74.8 cm³/mol. The predicted octanol–water partition coefficient (Wildman–Crippen LogP) is 3.62. The molecule has 18 heavy (non-hydrogen) atoms. The first kappa shape index (κ1) is 13.0. The van der Waals surface area contributed by atoms with Gasteiger partial charge in [-0.15, -0.1) is 0 Å². The van der Waals surface area contributed by atoms with E-state index >= 15 is 0 Å². The van der Waals surface area contributed by atoms with Crippen LogP contribution < -0.4 is 10.5 Å². The normalized spacial score (nSPS) is 10.7. The third-order valence-electron chi connectivity index (χ3n) is 3.25. The Bertz CT molecular complexity index is 576. The monoisotopic (exact) mass is 310 g/mol. The molecule has 0 atom stereocenters. The van der Waals surface area contributed by atoms with Gasteiger partial charge < -0.3 is 15.0 Å². The molecule has 0 saturated carbocycles. The van der Waals surface area contributed by atoms with E-state index in [1.807, 2.05) is 20.8 Å². The summed E-state index contributed by atoms with van der Waals surface area (Å²) < 4.78 is 11.3. The summed E-state index contributed by atoms with van der Waals surface area (Å²) in [5.74, 6) is 1.18. The van der Waals surface area contributed by atoms with E-state index in [0.717, 1.165) is 38.0 Å². The van der Waals surface area contributed by atoms with E-state index in [2.05, 4.69) is 21.1 Å². The Morgan fingerprint density at radius 1 is 1.22 bits per heavy atom. The quantitative estimate of drug-likeness (QED) is 0.920. The number of methoxy groups -OCH3 is 1. The van der Waals surface area contributed by atoms with Crippen molar-refractivity contribution in [2.24, 2.45) is 0 Å². The van der Waals surface area contributed by atoms with Crippen LogP contribution in [0, 0.1) is 20.8 Å². The van der Waals surface area contributed by atoms with E-state index in [9.17, 15) is 0 Å². The number of anilines is 1. The lowest BCUT2D eigenvalue weighted by Crippen LogP contribution is -1.99. The molecule has 0 aliphatic heterocycles. The van der Waals surface area contributed by atoms with Gasteiger partial charge in [0, 0.05) is 0 Å². The lowest BCUT2D eigenvalue weighted by atomic mass is 9.93. The molecule has 0 spiro atoms. The van der Waals surface area contributed by atoms with Crippen LogP contribution in [-0.4, -0.2) is 12.3 Å². The number of hydrogen-bond acceptors (Lipinski definition) is 4. The lowest BCUT2D eigenvalue weighted by molar-refractivity contribution is 0.408. The van der Waals surface area contributed by atoms with Crippen molar-refractivity contribution in [3.63, 3.8) is 0 Å². The van der Waals surface area contributed by atoms with Crippen LogP contribution in [0.5, 0.6) is 5.75 Å². The summed E-state index contributed by atoms with van der Waals surface area (Å²) in [4.78, 5) is 0. The molecule has 0 aliphatic rings. The molecule has 1 aromatic carbocycles. The third kappa shape index (κ3) is 1.79. The van der Waals surface area contributed by atoms with Crippen LogP contribution in [-0.2, 0) is 0 Å². The number of nitrogens with two attached hydrogens (primary N) is 1. The highest BCUT2D eigenvalue weighted by Gasteiger charge is 2.20. The fourth-order valence-electron chi connectivity index (χ4n) is 2.17. The van der Waals surface area contributed by atoms with Crippen LogP contribution in [0.25, 0.3) is 11.1 Å². The molecule has 96 valence electrons. The molecule has 0 bridgehead atoms. The van der Waals surface area contributed by atoms with Gasteiger partial charge in [0.25, 0.3) is 0 Å². The lowest BCUT2D eigenvalue weighted by Gasteiger charge is -2.17. The third-order valence-corrected chi connectivity index (χ3v) is 4.21. The first-order valence-electron chi connectivity index (χ1n) is 5.52. The Balaban J connectivity index is 2.81. The van der Waals surface area contributed by atoms with Gasteiger partial charge in [0.2, 0.25) is 5.88 Å². The highest BCUT2D eigenvalue weighted by molar-refractivity contribution is 9.10. The average molecular weight is 311 g/mol. The summed E-state index contributed by atoms with van der Waals surface area (Å²) in [5, 5.41) is 3.74. The Labute approximate surface area is 114 Å². The van der Waals surface area contributed by atoms with Gasteiger partial charge in [-0.3, -0.25) is 0 Å². The highest BCUT2D eigenvalue weighted by atomic mass is 79.9. The van der Waals surface area contributed by atoms with E-state index in [4.69, 9.17) is 15.0 Å². The molecule has 2 N–H and O–H groups in total. The maximum absolute atomic E-state index is 5.81. The number of benzene rings is 1. The van der Waals surface area contributed by atoms with Crippen molar-refractivity contribution < 1.29 is 9.26 Å². The fraction of sp³-hybridized carbons (Fsp3) is 0.308. The van der Waals surface area contributed by atoms with Crippen molar-refractivity contribution in [2.75, 3.05) is 12.8 Å². The van der Waals surface area contributed by atoms with E-state index in [1.165, 1.54) is 0 Å². The molecule has 0 unspecified atom stereocenters. The fourth-order valence-corrected chi connectivity index (χ4v) is 2.82. The van der Waals surface area contributed by atoms with Gasteiger partial charge in [0.05, 0.1) is 23.3 Å². The summed E-state index contributed by atoms with van der Waals surface area (Å²) in [6.45, 7) is 6.07. The SMILES string of the molecule is COc1c(C)c(C)c(-c2cnoc2N)c(C)c1Br. The van der Waals surface area contributed by atoms with Crippen molar-refractivity contribution in [1.82, 2.24) is 5.16 Å². The molecule has 1 aromatic heterocycles. The Morgan fingerprint density at radius 2 is 1.89 bits per heavy atom. The number of halogens is 1. The van der Waals surface area contributed by atoms with Gasteiger partial charge in [-0.2, -0.15) is 0 Å². The minimum absolute atomic E-state index is 0.331. The molecule has 0 fully saturated rings. The maximum Gasteiger partial charge on any atom is 0.229 e. The van der Waals surface area contributed by atoms with Crippen molar-refractivity contribution >= 4 is 21.8 Å². The van der Waals surface area contributed by atoms with Crippen LogP contribution >= 0.6 is 15.9 Å². The molecule has 0 amide bonds. The molecule has 0 saturated heterocycles. The highest BCUT2D eigenvalue weighted by Crippen LogP contribution is 2.42. The minimum atomic E-state index is 0.331. The smallest absolute Gasteiger partial charge is 0.229 e. The van der Waals surface area contributed by atoms with E-state index in [0.29, 0.717) is 5.88 Å². The van der Waals surface area contributed by atoms with Gasteiger partial charge >= 0.3 is 0 Å². The summed E-state index contributed by atoms with van der Waals surface area (Å²) in [5.41, 5.74) is 10.9. The van der Waals surface area contributed by atoms with Crippen molar-refractivity contribution in [3.05, 3.63) is 27.4 Å². The van der Waals surface area contributed by atoms with Gasteiger partial charge in [0.15, 0.2) is 0 Å². The molecular weight excluding hydrogens is 296 g/mol. The number of aromatic nitrogens is 1. The summed E-state index contributed by atoms with van der Waals surface area (Å²) >= 11 is 3.57. The number of ether oxygens (including phenoxy) is 1. The van der Waals surface area contributed by atoms with Crippen LogP contribution in [0.15, 0.2) is 15.2 Å². The standard InChI is InChI=1S/C13H15BrN2O2/c1-6-7(2)12(17-4)11(14)8(3)10(6)9-5-16-18-13(9)15/h5H,15H2,1-4H3. The second-order valence-electron chi connectivity index (χ2n) is 4.20. The van der Waals surface area contributed by atoms with Crippen LogP contribution in [0.3, 0.4) is 0 Å². The topological polar surface area (TPSA) is 61.3 Å². The Kier molecular flexibility index (Phi) is 3.34. The number of rotatable bonds is 2. The molecule has 2 rings (SSSR count). The van der Waals surface area contributed by atoms with Crippen LogP contribution in [0.2, 0.25) is 0 Å². The van der Waals surface area contributed by atoms with Crippen molar-refractivity contribution in [3.8, 4) is 16.9 Å². The van der Waals surface area contributed by atoms with E-state index in [-0.39, 0.29) is 0 Å². The molecule has 1 heterocycles. The van der Waals surface area contributed by atoms with Gasteiger partial charge in [0.1, 0.15) is 5.75 Å². The number of hydrogen-bond donors (Lipinski definition) is 1. The zero-order valence-corrected chi connectivity index (χ0v) is 12.4. The second-order valence-corrected chi connectivity index (χ2v) is 4.99. The van der Waals surface area contributed by atoms with Gasteiger partial charge in [-0.1, -0.05) is 5.16 Å². The zero-order valence-electron chi connectivity index (χ0n) is 10.8. The van der Waals surface area contributed by atoms with Gasteiger partial charge in [-0.05, 0) is 59.0 Å². The molecule has 0 radical (unpaired) electrons. The van der Waals surface area contributed by atoms with Crippen LogP contribution in [0.1, 0.15) is 16.7 Å².